The van der Waals surface area contributed by atoms with E-state index in [1.165, 1.54) is 36.5 Å². The minimum Gasteiger partial charge on any atom is -0.326 e. The van der Waals surface area contributed by atoms with Gasteiger partial charge in [-0.25, -0.2) is 8.42 Å². The van der Waals surface area contributed by atoms with Crippen molar-refractivity contribution in [3.63, 3.8) is 0 Å². The Balaban J connectivity index is 1.83. The van der Waals surface area contributed by atoms with E-state index < -0.39 is 15.9 Å². The summed E-state index contributed by atoms with van der Waals surface area (Å²) in [6.07, 6.45) is 0. The standard InChI is InChI=1S/C23H22ClN3O4S/c1-16(28)25-18-9-6-10-19(13-18)26-23(29)21-14-20(11-12-22(21)24)32(30,31)27(2)15-17-7-4-3-5-8-17/h3-14H,15H2,1-2H3,(H,25,28)(H,26,29). The van der Waals surface area contributed by atoms with Crippen LogP contribution in [0.5, 0.6) is 0 Å². The van der Waals surface area contributed by atoms with Crippen LogP contribution in [0.25, 0.3) is 0 Å². The second-order valence-electron chi connectivity index (χ2n) is 7.10. The topological polar surface area (TPSA) is 95.6 Å². The van der Waals surface area contributed by atoms with Gasteiger partial charge in [0.2, 0.25) is 15.9 Å². The quantitative estimate of drug-likeness (QED) is 0.534. The van der Waals surface area contributed by atoms with Gasteiger partial charge in [0, 0.05) is 31.9 Å². The van der Waals surface area contributed by atoms with Crippen molar-refractivity contribution >= 4 is 44.8 Å². The molecule has 7 nitrogen and oxygen atoms in total. The van der Waals surface area contributed by atoms with Crippen molar-refractivity contribution in [2.45, 2.75) is 18.4 Å². The number of anilines is 2. The Morgan fingerprint density at radius 1 is 0.906 bits per heavy atom. The SMILES string of the molecule is CC(=O)Nc1cccc(NC(=O)c2cc(S(=O)(=O)N(C)Cc3ccccc3)ccc2Cl)c1. The number of carbonyl (C=O) groups excluding carboxylic acids is 2. The Bertz CT molecular complexity index is 1250. The molecule has 3 aromatic carbocycles. The van der Waals surface area contributed by atoms with Crippen molar-refractivity contribution in [3.05, 3.63) is 88.9 Å². The van der Waals surface area contributed by atoms with Crippen LogP contribution in [0.3, 0.4) is 0 Å². The van der Waals surface area contributed by atoms with E-state index in [1.807, 2.05) is 30.3 Å². The highest BCUT2D eigenvalue weighted by Crippen LogP contribution is 2.25. The average Bonchev–Trinajstić information content (AvgIpc) is 2.74. The van der Waals surface area contributed by atoms with Gasteiger partial charge in [-0.1, -0.05) is 48.0 Å². The Kier molecular flexibility index (Phi) is 7.29. The number of hydrogen-bond donors (Lipinski definition) is 2. The molecule has 0 heterocycles. The van der Waals surface area contributed by atoms with E-state index in [-0.39, 0.29) is 27.9 Å². The van der Waals surface area contributed by atoms with Crippen molar-refractivity contribution in [3.8, 4) is 0 Å². The lowest BCUT2D eigenvalue weighted by Crippen LogP contribution is -2.27. The first kappa shape index (κ1) is 23.5. The van der Waals surface area contributed by atoms with Crippen LogP contribution >= 0.6 is 11.6 Å². The van der Waals surface area contributed by atoms with Crippen LogP contribution < -0.4 is 10.6 Å². The monoisotopic (exact) mass is 471 g/mol. The highest BCUT2D eigenvalue weighted by atomic mass is 35.5. The number of rotatable bonds is 7. The zero-order chi connectivity index (χ0) is 23.3. The van der Waals surface area contributed by atoms with Crippen LogP contribution in [0.4, 0.5) is 11.4 Å². The zero-order valence-electron chi connectivity index (χ0n) is 17.5. The molecule has 0 aliphatic rings. The Morgan fingerprint density at radius 2 is 1.56 bits per heavy atom. The lowest BCUT2D eigenvalue weighted by molar-refractivity contribution is -0.114. The summed E-state index contributed by atoms with van der Waals surface area (Å²) in [5, 5.41) is 5.42. The summed E-state index contributed by atoms with van der Waals surface area (Å²) in [4.78, 5) is 24.0. The van der Waals surface area contributed by atoms with Crippen molar-refractivity contribution in [2.24, 2.45) is 0 Å². The molecular weight excluding hydrogens is 450 g/mol. The molecule has 0 saturated heterocycles. The number of amides is 2. The van der Waals surface area contributed by atoms with Crippen molar-refractivity contribution in [1.29, 1.82) is 0 Å². The minimum absolute atomic E-state index is 0.0192. The summed E-state index contributed by atoms with van der Waals surface area (Å²) in [7, 11) is -2.38. The molecule has 0 radical (unpaired) electrons. The van der Waals surface area contributed by atoms with E-state index in [0.29, 0.717) is 11.4 Å². The van der Waals surface area contributed by atoms with Gasteiger partial charge in [0.05, 0.1) is 15.5 Å². The summed E-state index contributed by atoms with van der Waals surface area (Å²) < 4.78 is 27.3. The summed E-state index contributed by atoms with van der Waals surface area (Å²) in [6, 6.07) is 19.8. The van der Waals surface area contributed by atoms with Crippen LogP contribution in [-0.2, 0) is 21.4 Å². The molecular formula is C23H22ClN3O4S. The van der Waals surface area contributed by atoms with Gasteiger partial charge >= 0.3 is 0 Å². The largest absolute Gasteiger partial charge is 0.326 e. The van der Waals surface area contributed by atoms with E-state index in [4.69, 9.17) is 11.6 Å². The fraction of sp³-hybridized carbons (Fsp3) is 0.130. The second kappa shape index (κ2) is 9.95. The summed E-state index contributed by atoms with van der Waals surface area (Å²) in [6.45, 7) is 1.56. The molecule has 2 N–H and O–H groups in total. The van der Waals surface area contributed by atoms with Gasteiger partial charge in [-0.15, -0.1) is 0 Å². The van der Waals surface area contributed by atoms with E-state index in [0.717, 1.165) is 5.56 Å². The first-order chi connectivity index (χ1) is 15.2. The van der Waals surface area contributed by atoms with E-state index in [2.05, 4.69) is 10.6 Å². The van der Waals surface area contributed by atoms with Crippen LogP contribution in [0.2, 0.25) is 5.02 Å². The minimum atomic E-state index is -3.86. The first-order valence-corrected chi connectivity index (χ1v) is 11.5. The summed E-state index contributed by atoms with van der Waals surface area (Å²) >= 11 is 6.19. The molecule has 0 aliphatic carbocycles. The van der Waals surface area contributed by atoms with Gasteiger partial charge in [0.15, 0.2) is 0 Å². The van der Waals surface area contributed by atoms with Gasteiger partial charge < -0.3 is 10.6 Å². The molecule has 166 valence electrons. The van der Waals surface area contributed by atoms with Gasteiger partial charge in [0.25, 0.3) is 5.91 Å². The zero-order valence-corrected chi connectivity index (χ0v) is 19.1. The number of carbonyl (C=O) groups is 2. The first-order valence-electron chi connectivity index (χ1n) is 9.65. The molecule has 0 saturated carbocycles. The second-order valence-corrected chi connectivity index (χ2v) is 9.56. The van der Waals surface area contributed by atoms with Crippen molar-refractivity contribution in [1.82, 2.24) is 4.31 Å². The number of benzene rings is 3. The molecule has 0 unspecified atom stereocenters. The molecule has 9 heteroatoms. The molecule has 0 fully saturated rings. The molecule has 3 rings (SSSR count). The maximum atomic E-state index is 13.0. The number of halogens is 1. The smallest absolute Gasteiger partial charge is 0.257 e. The number of hydrogen-bond acceptors (Lipinski definition) is 4. The lowest BCUT2D eigenvalue weighted by atomic mass is 10.2. The van der Waals surface area contributed by atoms with Crippen molar-refractivity contribution in [2.75, 3.05) is 17.7 Å². The van der Waals surface area contributed by atoms with Crippen LogP contribution in [0.1, 0.15) is 22.8 Å². The molecule has 32 heavy (non-hydrogen) atoms. The van der Waals surface area contributed by atoms with E-state index in [9.17, 15) is 18.0 Å². The number of nitrogens with zero attached hydrogens (tertiary/aromatic N) is 1. The summed E-state index contributed by atoms with van der Waals surface area (Å²) in [5.74, 6) is -0.813. The highest BCUT2D eigenvalue weighted by Gasteiger charge is 2.23. The van der Waals surface area contributed by atoms with E-state index in [1.54, 1.807) is 24.3 Å². The molecule has 0 spiro atoms. The average molecular weight is 472 g/mol. The molecule has 3 aromatic rings. The van der Waals surface area contributed by atoms with Crippen LogP contribution in [-0.4, -0.2) is 31.6 Å². The molecule has 2 amide bonds. The van der Waals surface area contributed by atoms with Gasteiger partial charge in [-0.2, -0.15) is 4.31 Å². The maximum absolute atomic E-state index is 13.0. The van der Waals surface area contributed by atoms with E-state index >= 15 is 0 Å². The predicted molar refractivity (Wildman–Crippen MR) is 125 cm³/mol. The molecule has 0 aromatic heterocycles. The predicted octanol–water partition coefficient (Wildman–Crippen LogP) is 4.37. The molecule has 0 bridgehead atoms. The van der Waals surface area contributed by atoms with Crippen LogP contribution in [0, 0.1) is 0 Å². The highest BCUT2D eigenvalue weighted by molar-refractivity contribution is 7.89. The third-order valence-corrected chi connectivity index (χ3v) is 6.71. The Labute approximate surface area is 192 Å². The molecule has 0 atom stereocenters. The third kappa shape index (κ3) is 5.73. The van der Waals surface area contributed by atoms with Crippen LogP contribution in [0.15, 0.2) is 77.7 Å². The fourth-order valence-electron chi connectivity index (χ4n) is 3.02. The van der Waals surface area contributed by atoms with Gasteiger partial charge in [0.1, 0.15) is 0 Å². The maximum Gasteiger partial charge on any atom is 0.257 e. The molecule has 0 aliphatic heterocycles. The van der Waals surface area contributed by atoms with Crippen molar-refractivity contribution < 1.29 is 18.0 Å². The van der Waals surface area contributed by atoms with Gasteiger partial charge in [-0.05, 0) is 42.0 Å². The Morgan fingerprint density at radius 3 is 2.22 bits per heavy atom. The fourth-order valence-corrected chi connectivity index (χ4v) is 4.41. The number of nitrogens with one attached hydrogen (secondary N) is 2. The van der Waals surface area contributed by atoms with Gasteiger partial charge in [-0.3, -0.25) is 9.59 Å². The lowest BCUT2D eigenvalue weighted by Gasteiger charge is -2.18. The summed E-state index contributed by atoms with van der Waals surface area (Å²) in [5.41, 5.74) is 1.79. The normalized spacial score (nSPS) is 11.2. The Hall–Kier alpha value is -3.20. The third-order valence-electron chi connectivity index (χ3n) is 4.58. The number of sulfonamides is 1.